The average Bonchev–Trinajstić information content (AvgIpc) is 3.12. The Balaban J connectivity index is 4.49. The predicted octanol–water partition coefficient (Wildman–Crippen LogP) is 11.3. The van der Waals surface area contributed by atoms with Crippen LogP contribution in [-0.4, -0.2) is 70.0 Å². The fourth-order valence-electron chi connectivity index (χ4n) is 5.47. The Kier molecular flexibility index (Phi) is 35.2. The summed E-state index contributed by atoms with van der Waals surface area (Å²) >= 11 is 0. The first kappa shape index (κ1) is 52.0. The monoisotopic (exact) mass is 784 g/mol. The van der Waals surface area contributed by atoms with Crippen LogP contribution in [0.3, 0.4) is 0 Å². The number of likely N-dealkylation sites (N-methyl/N-ethyl adjacent to an activating group) is 1. The van der Waals surface area contributed by atoms with Gasteiger partial charge in [-0.15, -0.1) is 0 Å². The molecule has 1 unspecified atom stereocenters. The van der Waals surface area contributed by atoms with E-state index < -0.39 is 32.5 Å². The summed E-state index contributed by atoms with van der Waals surface area (Å²) in [6, 6.07) is 0. The highest BCUT2D eigenvalue weighted by Crippen LogP contribution is 2.38. The van der Waals surface area contributed by atoms with Gasteiger partial charge in [-0.1, -0.05) is 152 Å². The van der Waals surface area contributed by atoms with Gasteiger partial charge in [0.2, 0.25) is 0 Å². The Hall–Kier alpha value is -2.03. The zero-order chi connectivity index (χ0) is 40.0. The number of hydrogen-bond donors (Lipinski definition) is 0. The van der Waals surface area contributed by atoms with Crippen LogP contribution < -0.4 is 4.89 Å². The molecule has 0 aliphatic rings. The lowest BCUT2D eigenvalue weighted by Crippen LogP contribution is -2.37. The Morgan fingerprint density at radius 1 is 0.648 bits per heavy atom. The van der Waals surface area contributed by atoms with Gasteiger partial charge in [-0.25, -0.2) is 0 Å². The van der Waals surface area contributed by atoms with Gasteiger partial charge in [0.1, 0.15) is 19.8 Å². The number of phosphoric acid groups is 1. The Bertz CT molecular complexity index is 1070. The molecule has 0 saturated carbocycles. The van der Waals surface area contributed by atoms with Gasteiger partial charge in [-0.3, -0.25) is 14.2 Å². The Labute approximate surface area is 331 Å². The van der Waals surface area contributed by atoms with Crippen molar-refractivity contribution in [2.75, 3.05) is 47.5 Å². The number of quaternary nitrogens is 1. The van der Waals surface area contributed by atoms with Crippen molar-refractivity contribution in [1.29, 1.82) is 0 Å². The number of hydrogen-bond acceptors (Lipinski definition) is 8. The number of carbonyl (C=O) groups is 2. The quantitative estimate of drug-likeness (QED) is 0.0200. The number of ether oxygens (including phenoxy) is 2. The molecule has 0 saturated heterocycles. The zero-order valence-corrected chi connectivity index (χ0v) is 36.0. The maximum absolute atomic E-state index is 12.6. The number of carbonyl (C=O) groups excluding carboxylic acids is 2. The summed E-state index contributed by atoms with van der Waals surface area (Å²) < 4.78 is 33.8. The molecule has 0 aliphatic carbocycles. The van der Waals surface area contributed by atoms with E-state index in [1.807, 2.05) is 27.2 Å². The number of esters is 2. The van der Waals surface area contributed by atoms with E-state index in [1.165, 1.54) is 89.9 Å². The van der Waals surface area contributed by atoms with Crippen molar-refractivity contribution in [3.63, 3.8) is 0 Å². The second-order valence-corrected chi connectivity index (χ2v) is 16.8. The lowest BCUT2D eigenvalue weighted by molar-refractivity contribution is -0.870. The van der Waals surface area contributed by atoms with Crippen LogP contribution in [0.25, 0.3) is 0 Å². The van der Waals surface area contributed by atoms with Crippen molar-refractivity contribution in [3.05, 3.63) is 48.6 Å². The number of nitrogens with zero attached hydrogens (tertiary/aromatic N) is 1. The number of rotatable bonds is 38. The van der Waals surface area contributed by atoms with Crippen molar-refractivity contribution in [3.8, 4) is 0 Å². The smallest absolute Gasteiger partial charge is 0.306 e. The minimum absolute atomic E-state index is 0.0413. The van der Waals surface area contributed by atoms with Crippen LogP contribution in [0.5, 0.6) is 0 Å². The van der Waals surface area contributed by atoms with E-state index in [1.54, 1.807) is 0 Å². The highest BCUT2D eigenvalue weighted by Gasteiger charge is 2.21. The minimum atomic E-state index is -4.64. The molecule has 9 nitrogen and oxygen atoms in total. The minimum Gasteiger partial charge on any atom is -0.756 e. The van der Waals surface area contributed by atoms with E-state index in [2.05, 4.69) is 56.4 Å². The largest absolute Gasteiger partial charge is 0.756 e. The van der Waals surface area contributed by atoms with Crippen LogP contribution in [0.1, 0.15) is 168 Å². The molecule has 0 aromatic carbocycles. The molecule has 0 rings (SSSR count). The molecule has 10 heteroatoms. The molecule has 0 radical (unpaired) electrons. The Morgan fingerprint density at radius 2 is 1.11 bits per heavy atom. The second-order valence-electron chi connectivity index (χ2n) is 15.4. The van der Waals surface area contributed by atoms with Crippen LogP contribution in [0.2, 0.25) is 0 Å². The third-order valence-corrected chi connectivity index (χ3v) is 9.82. The number of phosphoric ester groups is 1. The molecule has 0 amide bonds. The van der Waals surface area contributed by atoms with Crippen molar-refractivity contribution in [2.24, 2.45) is 0 Å². The van der Waals surface area contributed by atoms with Gasteiger partial charge in [0.15, 0.2) is 6.10 Å². The fraction of sp³-hybridized carbons (Fsp3) is 0.773. The van der Waals surface area contributed by atoms with Crippen LogP contribution in [0.4, 0.5) is 0 Å². The summed E-state index contributed by atoms with van der Waals surface area (Å²) in [7, 11) is 1.13. The first-order valence-corrected chi connectivity index (χ1v) is 22.8. The van der Waals surface area contributed by atoms with Crippen LogP contribution in [0.15, 0.2) is 48.6 Å². The van der Waals surface area contributed by atoms with E-state index in [4.69, 9.17) is 18.5 Å². The van der Waals surface area contributed by atoms with E-state index in [9.17, 15) is 19.0 Å². The number of allylic oxidation sites excluding steroid dienone is 8. The van der Waals surface area contributed by atoms with Crippen molar-refractivity contribution in [1.82, 2.24) is 0 Å². The maximum atomic E-state index is 12.6. The summed E-state index contributed by atoms with van der Waals surface area (Å²) in [6.07, 6.45) is 41.4. The molecule has 2 atom stereocenters. The highest BCUT2D eigenvalue weighted by atomic mass is 31.2. The van der Waals surface area contributed by atoms with Crippen LogP contribution >= 0.6 is 7.82 Å². The van der Waals surface area contributed by atoms with Crippen molar-refractivity contribution < 1.29 is 42.1 Å². The molecule has 54 heavy (non-hydrogen) atoms. The summed E-state index contributed by atoms with van der Waals surface area (Å²) in [5.74, 6) is -0.900. The maximum Gasteiger partial charge on any atom is 0.306 e. The first-order valence-electron chi connectivity index (χ1n) is 21.3. The topological polar surface area (TPSA) is 111 Å². The van der Waals surface area contributed by atoms with E-state index in [-0.39, 0.29) is 26.1 Å². The van der Waals surface area contributed by atoms with E-state index >= 15 is 0 Å². The SMILES string of the molecule is CCCCC/C=C\C/C=C\C/C=C\C/C=C\CCCC(=O)O[C@H](CO[14C](=O)CCCCCCCCCCCCCCC)COP(=O)([O-])OCC[N+](C)(C)C. The van der Waals surface area contributed by atoms with Gasteiger partial charge in [0.25, 0.3) is 7.82 Å². The summed E-state index contributed by atoms with van der Waals surface area (Å²) in [4.78, 5) is 37.4. The van der Waals surface area contributed by atoms with Gasteiger partial charge >= 0.3 is 11.9 Å². The van der Waals surface area contributed by atoms with Gasteiger partial charge in [0.05, 0.1) is 27.7 Å². The van der Waals surface area contributed by atoms with Crippen LogP contribution in [0, 0.1) is 0 Å². The fourth-order valence-corrected chi connectivity index (χ4v) is 6.20. The molecular weight excluding hydrogens is 703 g/mol. The lowest BCUT2D eigenvalue weighted by atomic mass is 10.0. The molecule has 0 N–H and O–H groups in total. The molecule has 0 spiro atoms. The normalized spacial score (nSPS) is 14.1. The summed E-state index contributed by atoms with van der Waals surface area (Å²) in [6.45, 7) is 4.12. The predicted molar refractivity (Wildman–Crippen MR) is 222 cm³/mol. The molecule has 0 heterocycles. The molecule has 314 valence electrons. The molecular formula is C44H80NO8P. The standard InChI is InChI=1S/C44H80NO8P/c1-6-8-10-12-14-16-18-20-21-22-23-25-27-29-31-33-35-37-44(47)53-42(41-52-54(48,49)51-39-38-45(3,4)5)40-50-43(46)36-34-32-30-28-26-24-19-17-15-13-11-9-7-2/h14,16,20-21,23,25,29,31,42H,6-13,15,17-19,22,24,26-28,30,32-41H2,1-5H3/b16-14-,21-20-,25-23-,31-29-/t42-/m1/s1/i43+2. The molecule has 0 aromatic rings. The molecule has 0 aromatic heterocycles. The first-order chi connectivity index (χ1) is 26.0. The molecule has 0 fully saturated rings. The molecule has 0 aliphatic heterocycles. The van der Waals surface area contributed by atoms with Crippen molar-refractivity contribution in [2.45, 2.75) is 174 Å². The molecule has 0 bridgehead atoms. The number of unbranched alkanes of at least 4 members (excludes halogenated alkanes) is 16. The summed E-state index contributed by atoms with van der Waals surface area (Å²) in [5, 5.41) is 0. The van der Waals surface area contributed by atoms with Gasteiger partial charge < -0.3 is 27.9 Å². The third-order valence-electron chi connectivity index (χ3n) is 8.85. The van der Waals surface area contributed by atoms with Crippen molar-refractivity contribution >= 4 is 19.8 Å². The van der Waals surface area contributed by atoms with Gasteiger partial charge in [-0.05, 0) is 51.4 Å². The lowest BCUT2D eigenvalue weighted by Gasteiger charge is -2.28. The Morgan fingerprint density at radius 3 is 1.63 bits per heavy atom. The van der Waals surface area contributed by atoms with Gasteiger partial charge in [-0.2, -0.15) is 0 Å². The van der Waals surface area contributed by atoms with E-state index in [0.29, 0.717) is 23.9 Å². The third kappa shape index (κ3) is 39.7. The second kappa shape index (κ2) is 36.6. The zero-order valence-electron chi connectivity index (χ0n) is 35.2. The average molecular weight is 784 g/mol. The van der Waals surface area contributed by atoms with E-state index in [0.717, 1.165) is 38.5 Å². The highest BCUT2D eigenvalue weighted by molar-refractivity contribution is 7.45. The summed E-state index contributed by atoms with van der Waals surface area (Å²) in [5.41, 5.74) is 0. The van der Waals surface area contributed by atoms with Crippen LogP contribution in [-0.2, 0) is 32.7 Å². The van der Waals surface area contributed by atoms with Gasteiger partial charge in [0, 0.05) is 12.8 Å².